The number of fused-ring (bicyclic) bond motifs is 1. The maximum Gasteiger partial charge on any atom is 0.276 e. The molecule has 1 N–H and O–H groups in total. The number of pyridine rings is 1. The van der Waals surface area contributed by atoms with Gasteiger partial charge in [0, 0.05) is 29.1 Å². The lowest BCUT2D eigenvalue weighted by Crippen LogP contribution is -2.35. The normalized spacial score (nSPS) is 13.1. The third kappa shape index (κ3) is 3.87. The maximum absolute atomic E-state index is 12.8. The predicted octanol–water partition coefficient (Wildman–Crippen LogP) is 4.30. The van der Waals surface area contributed by atoms with Crippen molar-refractivity contribution in [3.8, 4) is 0 Å². The van der Waals surface area contributed by atoms with Gasteiger partial charge in [0.25, 0.3) is 11.8 Å². The van der Waals surface area contributed by atoms with Crippen LogP contribution in [-0.4, -0.2) is 33.2 Å². The van der Waals surface area contributed by atoms with Crippen LogP contribution in [0.1, 0.15) is 31.4 Å². The van der Waals surface area contributed by atoms with Crippen molar-refractivity contribution < 1.29 is 9.59 Å². The molecule has 0 saturated carbocycles. The lowest BCUT2D eigenvalue weighted by molar-refractivity contribution is 0.0736. The number of hydrogen-bond acceptors (Lipinski definition) is 5. The molecule has 142 valence electrons. The van der Waals surface area contributed by atoms with Crippen molar-refractivity contribution in [2.45, 2.75) is 13.0 Å². The largest absolute Gasteiger partial charge is 0.333 e. The van der Waals surface area contributed by atoms with E-state index in [2.05, 4.69) is 15.3 Å². The zero-order valence-electron chi connectivity index (χ0n) is 14.5. The van der Waals surface area contributed by atoms with E-state index in [0.717, 1.165) is 10.6 Å². The van der Waals surface area contributed by atoms with E-state index in [4.69, 9.17) is 23.2 Å². The van der Waals surface area contributed by atoms with Gasteiger partial charge in [-0.1, -0.05) is 40.6 Å². The monoisotopic (exact) mass is 432 g/mol. The van der Waals surface area contributed by atoms with Crippen LogP contribution in [0.5, 0.6) is 0 Å². The number of hydrogen-bond donors (Lipinski definition) is 1. The van der Waals surface area contributed by atoms with Crippen molar-refractivity contribution in [2.24, 2.45) is 0 Å². The highest BCUT2D eigenvalue weighted by molar-refractivity contribution is 7.15. The molecule has 0 fully saturated rings. The number of anilines is 1. The number of nitrogens with one attached hydrogen (secondary N) is 1. The SMILES string of the molecule is O=C(Nc1nc2c(s1)CN(C(=O)c1ccc(Cl)cc1Cl)CC2)c1ccccn1. The molecule has 28 heavy (non-hydrogen) atoms. The summed E-state index contributed by atoms with van der Waals surface area (Å²) in [6.45, 7) is 0.951. The summed E-state index contributed by atoms with van der Waals surface area (Å²) < 4.78 is 0. The first-order valence-electron chi connectivity index (χ1n) is 8.46. The van der Waals surface area contributed by atoms with Crippen LogP contribution in [0, 0.1) is 0 Å². The van der Waals surface area contributed by atoms with Crippen molar-refractivity contribution in [2.75, 3.05) is 11.9 Å². The molecule has 2 amide bonds. The zero-order chi connectivity index (χ0) is 19.7. The summed E-state index contributed by atoms with van der Waals surface area (Å²) in [4.78, 5) is 36.3. The molecule has 9 heteroatoms. The van der Waals surface area contributed by atoms with Gasteiger partial charge >= 0.3 is 0 Å². The number of benzene rings is 1. The van der Waals surface area contributed by atoms with E-state index in [9.17, 15) is 9.59 Å². The molecule has 4 rings (SSSR count). The quantitative estimate of drug-likeness (QED) is 0.669. The Morgan fingerprint density at radius 1 is 1.18 bits per heavy atom. The third-order valence-corrected chi connectivity index (χ3v) is 5.84. The first kappa shape index (κ1) is 18.9. The van der Waals surface area contributed by atoms with Crippen molar-refractivity contribution in [1.82, 2.24) is 14.9 Å². The molecular weight excluding hydrogens is 419 g/mol. The Bertz CT molecular complexity index is 1060. The molecule has 6 nitrogen and oxygen atoms in total. The van der Waals surface area contributed by atoms with E-state index in [1.165, 1.54) is 11.3 Å². The van der Waals surface area contributed by atoms with Crippen molar-refractivity contribution >= 4 is 51.5 Å². The summed E-state index contributed by atoms with van der Waals surface area (Å²) in [5.74, 6) is -0.465. The second-order valence-corrected chi connectivity index (χ2v) is 8.09. The molecule has 1 aliphatic rings. The van der Waals surface area contributed by atoms with Crippen molar-refractivity contribution in [3.05, 3.63) is 74.5 Å². The molecule has 2 aromatic heterocycles. The van der Waals surface area contributed by atoms with Gasteiger partial charge in [-0.3, -0.25) is 19.9 Å². The zero-order valence-corrected chi connectivity index (χ0v) is 16.8. The number of nitrogens with zero attached hydrogens (tertiary/aromatic N) is 3. The molecule has 0 radical (unpaired) electrons. The van der Waals surface area contributed by atoms with E-state index >= 15 is 0 Å². The molecule has 0 unspecified atom stereocenters. The molecule has 1 aromatic carbocycles. The van der Waals surface area contributed by atoms with Crippen LogP contribution < -0.4 is 5.32 Å². The molecule has 3 heterocycles. The van der Waals surface area contributed by atoms with E-state index in [1.54, 1.807) is 47.5 Å². The number of halogens is 2. The van der Waals surface area contributed by atoms with Crippen molar-refractivity contribution in [3.63, 3.8) is 0 Å². The fraction of sp³-hybridized carbons (Fsp3) is 0.158. The highest BCUT2D eigenvalue weighted by atomic mass is 35.5. The lowest BCUT2D eigenvalue weighted by Gasteiger charge is -2.26. The second-order valence-electron chi connectivity index (χ2n) is 6.16. The fourth-order valence-corrected chi connectivity index (χ4v) is 4.42. The van der Waals surface area contributed by atoms with Gasteiger partial charge in [-0.05, 0) is 30.3 Å². The summed E-state index contributed by atoms with van der Waals surface area (Å²) in [6.07, 6.45) is 2.18. The Labute approximate surface area is 175 Å². The summed E-state index contributed by atoms with van der Waals surface area (Å²) in [6, 6.07) is 9.97. The lowest BCUT2D eigenvalue weighted by atomic mass is 10.1. The molecule has 1 aliphatic heterocycles. The first-order valence-corrected chi connectivity index (χ1v) is 10.0. The number of aromatic nitrogens is 2. The Hall–Kier alpha value is -2.48. The van der Waals surface area contributed by atoms with Gasteiger partial charge in [-0.2, -0.15) is 0 Å². The van der Waals surface area contributed by atoms with Gasteiger partial charge in [-0.15, -0.1) is 0 Å². The molecule has 3 aromatic rings. The number of thiazole rings is 1. The Balaban J connectivity index is 1.48. The Morgan fingerprint density at radius 2 is 2.04 bits per heavy atom. The minimum atomic E-state index is -0.312. The summed E-state index contributed by atoms with van der Waals surface area (Å²) in [5, 5.41) is 4.09. The van der Waals surface area contributed by atoms with Gasteiger partial charge in [-0.25, -0.2) is 4.98 Å². The van der Waals surface area contributed by atoms with Gasteiger partial charge in [0.05, 0.1) is 22.8 Å². The molecular formula is C19H14Cl2N4O2S. The molecule has 0 atom stereocenters. The topological polar surface area (TPSA) is 75.2 Å². The van der Waals surface area contributed by atoms with Crippen LogP contribution in [0.4, 0.5) is 5.13 Å². The molecule has 0 aliphatic carbocycles. The number of rotatable bonds is 3. The third-order valence-electron chi connectivity index (χ3n) is 4.30. The van der Waals surface area contributed by atoms with Crippen LogP contribution in [-0.2, 0) is 13.0 Å². The van der Waals surface area contributed by atoms with Crippen LogP contribution in [0.15, 0.2) is 42.6 Å². The van der Waals surface area contributed by atoms with Crippen LogP contribution in [0.3, 0.4) is 0 Å². The summed E-state index contributed by atoms with van der Waals surface area (Å²) >= 11 is 13.4. The minimum Gasteiger partial charge on any atom is -0.333 e. The van der Waals surface area contributed by atoms with Crippen LogP contribution >= 0.6 is 34.5 Å². The highest BCUT2D eigenvalue weighted by Crippen LogP contribution is 2.30. The van der Waals surface area contributed by atoms with E-state index in [-0.39, 0.29) is 11.8 Å². The van der Waals surface area contributed by atoms with Gasteiger partial charge < -0.3 is 4.90 Å². The average molecular weight is 433 g/mol. The predicted molar refractivity (Wildman–Crippen MR) is 109 cm³/mol. The van der Waals surface area contributed by atoms with Crippen LogP contribution in [0.25, 0.3) is 0 Å². The Morgan fingerprint density at radius 3 is 2.79 bits per heavy atom. The van der Waals surface area contributed by atoms with Crippen LogP contribution in [0.2, 0.25) is 10.0 Å². The van der Waals surface area contributed by atoms with Crippen molar-refractivity contribution in [1.29, 1.82) is 0 Å². The highest BCUT2D eigenvalue weighted by Gasteiger charge is 2.26. The molecule has 0 saturated heterocycles. The maximum atomic E-state index is 12.8. The second kappa shape index (κ2) is 7.87. The smallest absolute Gasteiger partial charge is 0.276 e. The van der Waals surface area contributed by atoms with E-state index < -0.39 is 0 Å². The fourth-order valence-electron chi connectivity index (χ4n) is 2.91. The minimum absolute atomic E-state index is 0.153. The number of amides is 2. The van der Waals surface area contributed by atoms with Gasteiger partial charge in [0.1, 0.15) is 5.69 Å². The number of carbonyl (C=O) groups is 2. The number of carbonyl (C=O) groups excluding carboxylic acids is 2. The standard InChI is InChI=1S/C19H14Cl2N4O2S/c20-11-4-5-12(13(21)9-11)18(27)25-8-6-14-16(10-25)28-19(23-14)24-17(26)15-3-1-2-7-22-15/h1-5,7,9H,6,8,10H2,(H,23,24,26). The Kier molecular flexibility index (Phi) is 5.30. The molecule has 0 spiro atoms. The van der Waals surface area contributed by atoms with Gasteiger partial charge in [0.2, 0.25) is 0 Å². The van der Waals surface area contributed by atoms with E-state index in [1.807, 2.05) is 0 Å². The average Bonchev–Trinajstić information content (AvgIpc) is 3.09. The van der Waals surface area contributed by atoms with Gasteiger partial charge in [0.15, 0.2) is 5.13 Å². The summed E-state index contributed by atoms with van der Waals surface area (Å²) in [7, 11) is 0. The van der Waals surface area contributed by atoms with E-state index in [0.29, 0.717) is 45.9 Å². The molecule has 0 bridgehead atoms. The summed E-state index contributed by atoms with van der Waals surface area (Å²) in [5.41, 5.74) is 1.64. The first-order chi connectivity index (χ1) is 13.5.